The maximum absolute atomic E-state index is 12.9. The molecule has 1 N–H and O–H groups in total. The van der Waals surface area contributed by atoms with Gasteiger partial charge in [-0.1, -0.05) is 30.0 Å². The zero-order valence-electron chi connectivity index (χ0n) is 17.8. The van der Waals surface area contributed by atoms with Crippen molar-refractivity contribution >= 4 is 33.3 Å². The van der Waals surface area contributed by atoms with Gasteiger partial charge < -0.3 is 14.5 Å². The number of hydrogen-bond donors (Lipinski definition) is 1. The number of nitrogens with one attached hydrogen (secondary N) is 1. The fourth-order valence-electron chi connectivity index (χ4n) is 4.08. The molecule has 0 spiro atoms. The van der Waals surface area contributed by atoms with Gasteiger partial charge in [-0.05, 0) is 66.6 Å². The number of thioether (sulfide) groups is 1. The Morgan fingerprint density at radius 1 is 1.06 bits per heavy atom. The molecule has 0 radical (unpaired) electrons. The minimum absolute atomic E-state index is 0.0810. The van der Waals surface area contributed by atoms with Gasteiger partial charge in [-0.2, -0.15) is 0 Å². The second kappa shape index (κ2) is 9.38. The Bertz CT molecular complexity index is 1300. The van der Waals surface area contributed by atoms with Crippen molar-refractivity contribution in [2.45, 2.75) is 30.8 Å². The van der Waals surface area contributed by atoms with E-state index in [2.05, 4.69) is 28.6 Å². The summed E-state index contributed by atoms with van der Waals surface area (Å²) in [6.45, 7) is 0.517. The number of hydrogen-bond acceptors (Lipinski definition) is 6. The predicted molar refractivity (Wildman–Crippen MR) is 132 cm³/mol. The lowest BCUT2D eigenvalue weighted by molar-refractivity contribution is 0.342. The van der Waals surface area contributed by atoms with Crippen molar-refractivity contribution in [2.75, 3.05) is 19.5 Å². The molecule has 5 nitrogen and oxygen atoms in total. The zero-order chi connectivity index (χ0) is 21.9. The molecular weight excluding hydrogens is 440 g/mol. The molecule has 0 bridgehead atoms. The van der Waals surface area contributed by atoms with Gasteiger partial charge in [0.1, 0.15) is 16.3 Å². The number of nitrogens with zero attached hydrogens (tertiary/aromatic N) is 1. The maximum atomic E-state index is 12.9. The number of methoxy groups -OCH3 is 1. The van der Waals surface area contributed by atoms with Crippen molar-refractivity contribution in [1.82, 2.24) is 9.97 Å². The molecule has 0 atom stereocenters. The van der Waals surface area contributed by atoms with Gasteiger partial charge in [0.2, 0.25) is 0 Å². The highest BCUT2D eigenvalue weighted by Crippen LogP contribution is 2.34. The molecule has 0 unspecified atom stereocenters. The smallest absolute Gasteiger partial charge is 0.260 e. The minimum Gasteiger partial charge on any atom is -0.497 e. The quantitative estimate of drug-likeness (QED) is 0.216. The summed E-state index contributed by atoms with van der Waals surface area (Å²) in [5.41, 5.74) is 4.87. The summed E-state index contributed by atoms with van der Waals surface area (Å²) in [4.78, 5) is 21.3. The Balaban J connectivity index is 1.29. The number of ether oxygens (including phenoxy) is 2. The highest BCUT2D eigenvalue weighted by atomic mass is 32.2. The number of aryl methyl sites for hydroxylation is 2. The maximum Gasteiger partial charge on any atom is 0.260 e. The average molecular weight is 465 g/mol. The molecule has 164 valence electrons. The first-order chi connectivity index (χ1) is 15.7. The van der Waals surface area contributed by atoms with Crippen molar-refractivity contribution in [3.63, 3.8) is 0 Å². The van der Waals surface area contributed by atoms with E-state index in [9.17, 15) is 4.79 Å². The van der Waals surface area contributed by atoms with Crippen LogP contribution < -0.4 is 15.0 Å². The molecular formula is C25H24N2O3S2. The van der Waals surface area contributed by atoms with Crippen molar-refractivity contribution in [3.8, 4) is 22.6 Å². The van der Waals surface area contributed by atoms with E-state index >= 15 is 0 Å². The standard InChI is InChI=1S/C25H24N2O3S2/c1-29-19-8-10-20(11-9-19)30-12-13-31-25-26-23(28)22-21(15-32-24(22)27-25)18-7-6-16-4-2-3-5-17(16)14-18/h6-11,14-15H,2-5,12-13H2,1H3,(H,26,27,28). The van der Waals surface area contributed by atoms with Crippen LogP contribution in [0.25, 0.3) is 21.3 Å². The molecule has 0 saturated heterocycles. The third kappa shape index (κ3) is 4.40. The number of rotatable bonds is 7. The van der Waals surface area contributed by atoms with E-state index < -0.39 is 0 Å². The number of aromatic amines is 1. The molecule has 0 aliphatic heterocycles. The third-order valence-corrected chi connectivity index (χ3v) is 7.44. The van der Waals surface area contributed by atoms with Crippen LogP contribution in [0.3, 0.4) is 0 Å². The summed E-state index contributed by atoms with van der Waals surface area (Å²) in [6, 6.07) is 14.1. The summed E-state index contributed by atoms with van der Waals surface area (Å²) in [6.07, 6.45) is 4.79. The second-order valence-corrected chi connectivity index (χ2v) is 9.71. The summed E-state index contributed by atoms with van der Waals surface area (Å²) in [7, 11) is 1.64. The Kier molecular flexibility index (Phi) is 6.19. The van der Waals surface area contributed by atoms with Crippen molar-refractivity contribution in [1.29, 1.82) is 0 Å². The first kappa shape index (κ1) is 21.1. The molecule has 1 aliphatic carbocycles. The summed E-state index contributed by atoms with van der Waals surface area (Å²) < 4.78 is 10.9. The summed E-state index contributed by atoms with van der Waals surface area (Å²) in [5.74, 6) is 2.27. The lowest BCUT2D eigenvalue weighted by Crippen LogP contribution is -2.10. The Labute approximate surface area is 194 Å². The van der Waals surface area contributed by atoms with Crippen LogP contribution in [0.2, 0.25) is 0 Å². The van der Waals surface area contributed by atoms with E-state index in [1.54, 1.807) is 7.11 Å². The van der Waals surface area contributed by atoms with Crippen LogP contribution in [-0.2, 0) is 12.8 Å². The van der Waals surface area contributed by atoms with Gasteiger partial charge in [-0.25, -0.2) is 4.98 Å². The fourth-order valence-corrected chi connectivity index (χ4v) is 5.77. The van der Waals surface area contributed by atoms with Crippen LogP contribution in [0.15, 0.2) is 57.8 Å². The Hall–Kier alpha value is -2.77. The number of aromatic nitrogens is 2. The molecule has 32 heavy (non-hydrogen) atoms. The Morgan fingerprint density at radius 3 is 2.66 bits per heavy atom. The van der Waals surface area contributed by atoms with Crippen LogP contribution in [-0.4, -0.2) is 29.4 Å². The molecule has 1 aliphatic rings. The third-order valence-electron chi connectivity index (χ3n) is 5.73. The van der Waals surface area contributed by atoms with E-state index in [1.807, 2.05) is 24.3 Å². The lowest BCUT2D eigenvalue weighted by atomic mass is 9.89. The zero-order valence-corrected chi connectivity index (χ0v) is 19.5. The van der Waals surface area contributed by atoms with Crippen molar-refractivity contribution in [3.05, 3.63) is 69.3 Å². The molecule has 7 heteroatoms. The highest BCUT2D eigenvalue weighted by Gasteiger charge is 2.16. The van der Waals surface area contributed by atoms with Gasteiger partial charge in [0.25, 0.3) is 5.56 Å². The monoisotopic (exact) mass is 464 g/mol. The van der Waals surface area contributed by atoms with Crippen LogP contribution in [0.1, 0.15) is 24.0 Å². The van der Waals surface area contributed by atoms with Crippen LogP contribution >= 0.6 is 23.1 Å². The first-order valence-corrected chi connectivity index (χ1v) is 12.6. The molecule has 0 amide bonds. The fraction of sp³-hybridized carbons (Fsp3) is 0.280. The normalized spacial score (nSPS) is 13.2. The Morgan fingerprint density at radius 2 is 1.84 bits per heavy atom. The number of H-pyrrole nitrogens is 1. The number of thiophene rings is 1. The molecule has 0 saturated carbocycles. The van der Waals surface area contributed by atoms with E-state index in [0.717, 1.165) is 40.3 Å². The molecule has 0 fully saturated rings. The van der Waals surface area contributed by atoms with Gasteiger partial charge in [0.15, 0.2) is 5.16 Å². The van der Waals surface area contributed by atoms with Gasteiger partial charge >= 0.3 is 0 Å². The molecule has 2 aromatic heterocycles. The molecule has 4 aromatic rings. The van der Waals surface area contributed by atoms with Crippen molar-refractivity contribution < 1.29 is 9.47 Å². The van der Waals surface area contributed by atoms with Gasteiger partial charge in [0, 0.05) is 16.7 Å². The van der Waals surface area contributed by atoms with Crippen LogP contribution in [0, 0.1) is 0 Å². The SMILES string of the molecule is COc1ccc(OCCSc2nc3scc(-c4ccc5c(c4)CCCC5)c3c(=O)[nH]2)cc1. The first-order valence-electron chi connectivity index (χ1n) is 10.7. The molecule has 5 rings (SSSR count). The lowest BCUT2D eigenvalue weighted by Gasteiger charge is -2.16. The van der Waals surface area contributed by atoms with E-state index in [4.69, 9.17) is 14.5 Å². The summed E-state index contributed by atoms with van der Waals surface area (Å²) in [5, 5.41) is 3.36. The highest BCUT2D eigenvalue weighted by molar-refractivity contribution is 7.99. The van der Waals surface area contributed by atoms with Crippen LogP contribution in [0.4, 0.5) is 0 Å². The number of benzene rings is 2. The van der Waals surface area contributed by atoms with Gasteiger partial charge in [0.05, 0.1) is 19.1 Å². The second-order valence-electron chi connectivity index (χ2n) is 7.76. The largest absolute Gasteiger partial charge is 0.497 e. The molecule has 2 heterocycles. The van der Waals surface area contributed by atoms with E-state index in [1.165, 1.54) is 47.1 Å². The van der Waals surface area contributed by atoms with E-state index in [-0.39, 0.29) is 5.56 Å². The number of fused-ring (bicyclic) bond motifs is 2. The van der Waals surface area contributed by atoms with E-state index in [0.29, 0.717) is 22.9 Å². The summed E-state index contributed by atoms with van der Waals surface area (Å²) >= 11 is 3.02. The molecule has 2 aromatic carbocycles. The minimum atomic E-state index is -0.0810. The predicted octanol–water partition coefficient (Wildman–Crippen LogP) is 5.71. The average Bonchev–Trinajstić information content (AvgIpc) is 3.26. The van der Waals surface area contributed by atoms with Gasteiger partial charge in [-0.3, -0.25) is 4.79 Å². The van der Waals surface area contributed by atoms with Crippen LogP contribution in [0.5, 0.6) is 11.5 Å². The van der Waals surface area contributed by atoms with Gasteiger partial charge in [-0.15, -0.1) is 11.3 Å². The van der Waals surface area contributed by atoms with Crippen molar-refractivity contribution in [2.24, 2.45) is 0 Å². The topological polar surface area (TPSA) is 64.2 Å².